The number of carbonyl (C=O) groups excluding carboxylic acids is 1. The van der Waals surface area contributed by atoms with Crippen molar-refractivity contribution in [3.8, 4) is 11.5 Å². The quantitative estimate of drug-likeness (QED) is 0.552. The lowest BCUT2D eigenvalue weighted by Crippen LogP contribution is -1.99. The average Bonchev–Trinajstić information content (AvgIpc) is 2.49. The molecule has 2 rings (SSSR count). The molecular weight excluding hydrogens is 155 g/mol. The van der Waals surface area contributed by atoms with Crippen LogP contribution in [0.3, 0.4) is 0 Å². The van der Waals surface area contributed by atoms with Crippen molar-refractivity contribution < 1.29 is 14.3 Å². The molecule has 1 aliphatic rings. The molecule has 0 amide bonds. The zero-order chi connectivity index (χ0) is 8.55. The van der Waals surface area contributed by atoms with Crippen LogP contribution in [0, 0.1) is 0 Å². The van der Waals surface area contributed by atoms with Crippen molar-refractivity contribution in [1.29, 1.82) is 0 Å². The van der Waals surface area contributed by atoms with E-state index in [-0.39, 0.29) is 12.5 Å². The SMILES string of the molecule is BC(=O)c1cccc2c1OCO2. The summed E-state index contributed by atoms with van der Waals surface area (Å²) >= 11 is 0. The molecule has 0 N–H and O–H groups in total. The molecule has 4 heteroatoms. The Kier molecular flexibility index (Phi) is 1.53. The van der Waals surface area contributed by atoms with Crippen molar-refractivity contribution in [1.82, 2.24) is 0 Å². The van der Waals surface area contributed by atoms with E-state index in [2.05, 4.69) is 0 Å². The van der Waals surface area contributed by atoms with Gasteiger partial charge in [-0.25, -0.2) is 0 Å². The van der Waals surface area contributed by atoms with Crippen LogP contribution in [0.15, 0.2) is 18.2 Å². The summed E-state index contributed by atoms with van der Waals surface area (Å²) in [6, 6.07) is 5.30. The monoisotopic (exact) mass is 162 g/mol. The Hall–Kier alpha value is -1.45. The molecule has 0 aromatic heterocycles. The molecule has 0 saturated heterocycles. The fourth-order valence-electron chi connectivity index (χ4n) is 1.21. The molecule has 0 bridgehead atoms. The molecule has 1 aromatic rings. The largest absolute Gasteiger partial charge is 0.454 e. The molecule has 0 fully saturated rings. The molecule has 0 radical (unpaired) electrons. The number of ether oxygens (including phenoxy) is 2. The molecule has 0 atom stereocenters. The van der Waals surface area contributed by atoms with Crippen molar-refractivity contribution in [2.45, 2.75) is 0 Å². The standard InChI is InChI=1S/C8H7BO3/c9-8(10)5-2-1-3-6-7(5)12-4-11-6/h1-3H,4,9H2. The summed E-state index contributed by atoms with van der Waals surface area (Å²) in [4.78, 5) is 11.1. The van der Waals surface area contributed by atoms with Gasteiger partial charge in [-0.15, -0.1) is 0 Å². The van der Waals surface area contributed by atoms with Gasteiger partial charge < -0.3 is 14.3 Å². The minimum Gasteiger partial charge on any atom is -0.454 e. The maximum Gasteiger partial charge on any atom is 0.231 e. The molecular formula is C8H7BO3. The summed E-state index contributed by atoms with van der Waals surface area (Å²) in [7, 11) is 1.51. The van der Waals surface area contributed by atoms with E-state index >= 15 is 0 Å². The highest BCUT2D eigenvalue weighted by atomic mass is 16.7. The molecule has 12 heavy (non-hydrogen) atoms. The van der Waals surface area contributed by atoms with Crippen LogP contribution in [0.2, 0.25) is 0 Å². The molecule has 1 aliphatic heterocycles. The van der Waals surface area contributed by atoms with E-state index in [0.717, 1.165) is 0 Å². The Morgan fingerprint density at radius 1 is 1.42 bits per heavy atom. The number of rotatable bonds is 1. The summed E-state index contributed by atoms with van der Waals surface area (Å²) in [6.45, 7) is 0.208. The van der Waals surface area contributed by atoms with Crippen molar-refractivity contribution in [3.05, 3.63) is 23.8 Å². The number of hydrogen-bond donors (Lipinski definition) is 0. The molecule has 0 aliphatic carbocycles. The lowest BCUT2D eigenvalue weighted by molar-refractivity contribution is 0.107. The van der Waals surface area contributed by atoms with E-state index in [0.29, 0.717) is 17.1 Å². The fraction of sp³-hybridized carbons (Fsp3) is 0.125. The van der Waals surface area contributed by atoms with E-state index in [1.807, 2.05) is 0 Å². The minimum absolute atomic E-state index is 0.00245. The molecule has 1 aromatic carbocycles. The van der Waals surface area contributed by atoms with Crippen LogP contribution in [0.1, 0.15) is 10.4 Å². The molecule has 0 saturated carbocycles. The summed E-state index contributed by atoms with van der Waals surface area (Å²) in [5.74, 6) is 1.23. The molecule has 3 nitrogen and oxygen atoms in total. The zero-order valence-electron chi connectivity index (χ0n) is 6.66. The Labute approximate surface area is 70.7 Å². The smallest absolute Gasteiger partial charge is 0.231 e. The maximum atomic E-state index is 11.1. The maximum absolute atomic E-state index is 11.1. The zero-order valence-corrected chi connectivity index (χ0v) is 6.66. The van der Waals surface area contributed by atoms with Crippen LogP contribution in [-0.4, -0.2) is 20.3 Å². The summed E-state index contributed by atoms with van der Waals surface area (Å²) in [5, 5.41) is 0. The second kappa shape index (κ2) is 2.55. The first kappa shape index (κ1) is 7.22. The van der Waals surface area contributed by atoms with E-state index < -0.39 is 0 Å². The van der Waals surface area contributed by atoms with Crippen molar-refractivity contribution in [3.63, 3.8) is 0 Å². The van der Waals surface area contributed by atoms with Crippen LogP contribution in [0.4, 0.5) is 0 Å². The number of para-hydroxylation sites is 1. The number of benzene rings is 1. The second-order valence-corrected chi connectivity index (χ2v) is 2.60. The van der Waals surface area contributed by atoms with E-state index in [1.165, 1.54) is 7.85 Å². The van der Waals surface area contributed by atoms with Gasteiger partial charge in [-0.3, -0.25) is 0 Å². The van der Waals surface area contributed by atoms with Crippen LogP contribution >= 0.6 is 0 Å². The third-order valence-electron chi connectivity index (χ3n) is 1.78. The third-order valence-corrected chi connectivity index (χ3v) is 1.78. The normalized spacial score (nSPS) is 13.0. The lowest BCUT2D eigenvalue weighted by atomic mass is 9.94. The minimum atomic E-state index is -0.00245. The van der Waals surface area contributed by atoms with Gasteiger partial charge >= 0.3 is 0 Å². The fourth-order valence-corrected chi connectivity index (χ4v) is 1.21. The highest BCUT2D eigenvalue weighted by molar-refractivity contribution is 6.62. The van der Waals surface area contributed by atoms with E-state index in [1.54, 1.807) is 18.2 Å². The van der Waals surface area contributed by atoms with Gasteiger partial charge in [0.15, 0.2) is 19.3 Å². The van der Waals surface area contributed by atoms with E-state index in [9.17, 15) is 4.79 Å². The Bertz CT molecular complexity index is 335. The molecule has 0 unspecified atom stereocenters. The topological polar surface area (TPSA) is 35.5 Å². The number of fused-ring (bicyclic) bond motifs is 1. The van der Waals surface area contributed by atoms with Crippen LogP contribution in [-0.2, 0) is 0 Å². The van der Waals surface area contributed by atoms with Crippen molar-refractivity contribution in [2.75, 3.05) is 6.79 Å². The number of hydrogen-bond acceptors (Lipinski definition) is 3. The lowest BCUT2D eigenvalue weighted by Gasteiger charge is -2.00. The van der Waals surface area contributed by atoms with Gasteiger partial charge in [0.05, 0.1) is 5.56 Å². The predicted molar refractivity (Wildman–Crippen MR) is 45.4 cm³/mol. The molecule has 1 heterocycles. The van der Waals surface area contributed by atoms with E-state index in [4.69, 9.17) is 9.47 Å². The summed E-state index contributed by atoms with van der Waals surface area (Å²) in [6.07, 6.45) is 0. The first-order valence-corrected chi connectivity index (χ1v) is 3.68. The van der Waals surface area contributed by atoms with Gasteiger partial charge in [-0.1, -0.05) is 6.07 Å². The molecule has 0 spiro atoms. The Morgan fingerprint density at radius 2 is 2.25 bits per heavy atom. The third kappa shape index (κ3) is 0.960. The average molecular weight is 162 g/mol. The first-order valence-electron chi connectivity index (χ1n) is 3.68. The van der Waals surface area contributed by atoms with Crippen LogP contribution in [0.5, 0.6) is 11.5 Å². The van der Waals surface area contributed by atoms with Gasteiger partial charge in [0, 0.05) is 0 Å². The first-order chi connectivity index (χ1) is 5.79. The predicted octanol–water partition coefficient (Wildman–Crippen LogP) is 0.189. The van der Waals surface area contributed by atoms with Crippen molar-refractivity contribution >= 4 is 13.5 Å². The molecule has 60 valence electrons. The summed E-state index contributed by atoms with van der Waals surface area (Å²) < 4.78 is 10.3. The number of carbonyl (C=O) groups is 1. The Balaban J connectivity index is 2.56. The summed E-state index contributed by atoms with van der Waals surface area (Å²) in [5.41, 5.74) is 0.586. The second-order valence-electron chi connectivity index (χ2n) is 2.60. The highest BCUT2D eigenvalue weighted by Gasteiger charge is 2.18. The highest BCUT2D eigenvalue weighted by Crippen LogP contribution is 2.34. The van der Waals surface area contributed by atoms with Gasteiger partial charge in [-0.05, 0) is 12.1 Å². The van der Waals surface area contributed by atoms with Gasteiger partial charge in [-0.2, -0.15) is 0 Å². The van der Waals surface area contributed by atoms with Crippen LogP contribution in [0.25, 0.3) is 0 Å². The van der Waals surface area contributed by atoms with Crippen LogP contribution < -0.4 is 9.47 Å². The van der Waals surface area contributed by atoms with Gasteiger partial charge in [0.25, 0.3) is 0 Å². The van der Waals surface area contributed by atoms with Gasteiger partial charge in [0.2, 0.25) is 6.79 Å². The Morgan fingerprint density at radius 3 is 3.00 bits per heavy atom. The van der Waals surface area contributed by atoms with Gasteiger partial charge in [0.1, 0.15) is 5.68 Å². The van der Waals surface area contributed by atoms with Crippen molar-refractivity contribution in [2.24, 2.45) is 0 Å².